The molecule has 6 atom stereocenters. The van der Waals surface area contributed by atoms with E-state index in [1.807, 2.05) is 61.6 Å². The van der Waals surface area contributed by atoms with E-state index in [1.165, 1.54) is 4.90 Å². The molecule has 0 aliphatic carbocycles. The van der Waals surface area contributed by atoms with Crippen LogP contribution in [0.1, 0.15) is 24.9 Å². The van der Waals surface area contributed by atoms with Gasteiger partial charge in [-0.15, -0.1) is 0 Å². The minimum atomic E-state index is -1.41. The van der Waals surface area contributed by atoms with E-state index in [4.69, 9.17) is 9.47 Å². The van der Waals surface area contributed by atoms with Gasteiger partial charge in [0.2, 0.25) is 11.8 Å². The van der Waals surface area contributed by atoms with E-state index >= 15 is 0 Å². The first-order valence-electron chi connectivity index (χ1n) is 14.1. The molecular formula is C32H35N3O6. The van der Waals surface area contributed by atoms with Crippen molar-refractivity contribution in [2.45, 2.75) is 36.6 Å². The highest BCUT2D eigenvalue weighted by atomic mass is 16.5. The zero-order chi connectivity index (χ0) is 28.9. The van der Waals surface area contributed by atoms with E-state index in [2.05, 4.69) is 0 Å². The van der Waals surface area contributed by atoms with Gasteiger partial charge in [0.25, 0.3) is 5.91 Å². The molecule has 3 amide bonds. The molecule has 2 aromatic rings. The first-order chi connectivity index (χ1) is 19.8. The van der Waals surface area contributed by atoms with Gasteiger partial charge >= 0.3 is 0 Å². The number of ether oxygens (including phenoxy) is 2. The van der Waals surface area contributed by atoms with Crippen molar-refractivity contribution < 1.29 is 29.0 Å². The first kappa shape index (κ1) is 27.2. The van der Waals surface area contributed by atoms with Crippen LogP contribution in [0.25, 0.3) is 0 Å². The summed E-state index contributed by atoms with van der Waals surface area (Å²) in [5, 5.41) is 10.7. The van der Waals surface area contributed by atoms with Crippen molar-refractivity contribution in [1.82, 2.24) is 9.80 Å². The molecule has 9 nitrogen and oxygen atoms in total. The number of benzene rings is 2. The van der Waals surface area contributed by atoms with E-state index < -0.39 is 41.7 Å². The van der Waals surface area contributed by atoms with E-state index in [1.54, 1.807) is 48.2 Å². The summed E-state index contributed by atoms with van der Waals surface area (Å²) in [7, 11) is 3.30. The summed E-state index contributed by atoms with van der Waals surface area (Å²) in [6.07, 6.45) is 7.95. The lowest BCUT2D eigenvalue weighted by Crippen LogP contribution is -2.57. The molecule has 4 aliphatic heterocycles. The maximum absolute atomic E-state index is 14.7. The predicted octanol–water partition coefficient (Wildman–Crippen LogP) is 2.72. The third-order valence-electron chi connectivity index (χ3n) is 9.16. The molecule has 9 heteroatoms. The van der Waals surface area contributed by atoms with Crippen LogP contribution in [-0.4, -0.2) is 83.7 Å². The summed E-state index contributed by atoms with van der Waals surface area (Å²) in [6, 6.07) is 14.4. The Balaban J connectivity index is 1.54. The Hall–Kier alpha value is -3.95. The normalized spacial score (nSPS) is 31.5. The van der Waals surface area contributed by atoms with Gasteiger partial charge in [0.15, 0.2) is 0 Å². The van der Waals surface area contributed by atoms with Gasteiger partial charge in [0.1, 0.15) is 17.4 Å². The van der Waals surface area contributed by atoms with Gasteiger partial charge in [-0.2, -0.15) is 0 Å². The average molecular weight is 558 g/mol. The number of aliphatic hydroxyl groups excluding tert-OH is 1. The van der Waals surface area contributed by atoms with Crippen LogP contribution in [0.3, 0.4) is 0 Å². The third-order valence-corrected chi connectivity index (χ3v) is 9.16. The Labute approximate surface area is 239 Å². The van der Waals surface area contributed by atoms with Crippen molar-refractivity contribution in [2.75, 3.05) is 38.8 Å². The van der Waals surface area contributed by atoms with Crippen LogP contribution in [0.15, 0.2) is 78.9 Å². The molecule has 2 saturated heterocycles. The molecule has 6 rings (SSSR count). The number of rotatable bonds is 6. The van der Waals surface area contributed by atoms with Gasteiger partial charge in [-0.25, -0.2) is 0 Å². The van der Waals surface area contributed by atoms with Crippen LogP contribution in [-0.2, 0) is 19.1 Å². The summed E-state index contributed by atoms with van der Waals surface area (Å²) >= 11 is 0. The Morgan fingerprint density at radius 3 is 2.32 bits per heavy atom. The minimum absolute atomic E-state index is 0.190. The number of hydrogen-bond donors (Lipinski definition) is 1. The highest BCUT2D eigenvalue weighted by Crippen LogP contribution is 2.59. The van der Waals surface area contributed by atoms with Gasteiger partial charge in [0.05, 0.1) is 37.2 Å². The number of amides is 3. The Morgan fingerprint density at radius 2 is 1.66 bits per heavy atom. The topological polar surface area (TPSA) is 99.6 Å². The lowest BCUT2D eigenvalue weighted by atomic mass is 9.73. The van der Waals surface area contributed by atoms with Crippen molar-refractivity contribution in [3.05, 3.63) is 84.5 Å². The van der Waals surface area contributed by atoms with Crippen LogP contribution in [0, 0.1) is 11.8 Å². The predicted molar refractivity (Wildman–Crippen MR) is 152 cm³/mol. The van der Waals surface area contributed by atoms with Crippen molar-refractivity contribution in [3.63, 3.8) is 0 Å². The van der Waals surface area contributed by atoms with Gasteiger partial charge in [-0.1, -0.05) is 61.6 Å². The number of likely N-dealkylation sites (N-methyl/N-ethyl adjacent to an activating group) is 1. The summed E-state index contributed by atoms with van der Waals surface area (Å²) in [5.41, 5.74) is -1.12. The monoisotopic (exact) mass is 557 g/mol. The van der Waals surface area contributed by atoms with Crippen molar-refractivity contribution in [2.24, 2.45) is 11.8 Å². The van der Waals surface area contributed by atoms with Gasteiger partial charge in [-0.3, -0.25) is 14.4 Å². The lowest BCUT2D eigenvalue weighted by Gasteiger charge is -2.40. The van der Waals surface area contributed by atoms with Crippen molar-refractivity contribution >= 4 is 23.4 Å². The van der Waals surface area contributed by atoms with Crippen molar-refractivity contribution in [1.29, 1.82) is 0 Å². The van der Waals surface area contributed by atoms with Gasteiger partial charge in [-0.05, 0) is 36.2 Å². The molecular weight excluding hydrogens is 522 g/mol. The molecule has 2 fully saturated rings. The zero-order valence-electron chi connectivity index (χ0n) is 23.5. The quantitative estimate of drug-likeness (QED) is 0.549. The third kappa shape index (κ3) is 3.94. The van der Waals surface area contributed by atoms with Crippen LogP contribution in [0.4, 0.5) is 5.69 Å². The van der Waals surface area contributed by atoms with E-state index in [0.29, 0.717) is 30.0 Å². The highest BCUT2D eigenvalue weighted by molar-refractivity contribution is 6.06. The Morgan fingerprint density at radius 1 is 0.951 bits per heavy atom. The summed E-state index contributed by atoms with van der Waals surface area (Å²) < 4.78 is 12.3. The number of likely N-dealkylation sites (tertiary alicyclic amines) is 1. The number of aliphatic hydroxyl groups is 1. The molecule has 1 unspecified atom stereocenters. The second-order valence-corrected chi connectivity index (χ2v) is 11.1. The molecule has 0 radical (unpaired) electrons. The molecule has 41 heavy (non-hydrogen) atoms. The molecule has 4 aliphatic rings. The number of carbonyl (C=O) groups is 3. The molecule has 0 saturated carbocycles. The standard InChI is InChI=1S/C32H35N3O6/c1-4-31-16-8-18-33(2)28(37)25(31)26-29(38)35(24(20-36)21-10-6-5-7-11-21)27-30(39)34(19-9-17-32(26,27)41-31)22-12-14-23(40-3)15-13-22/h5-17,24-27,36H,4,18-20H2,1-3H3/t24-,25-,26+,27?,31+,32+/m1/s1. The summed E-state index contributed by atoms with van der Waals surface area (Å²) in [4.78, 5) is 48.1. The number of hydrogen-bond acceptors (Lipinski definition) is 6. The van der Waals surface area contributed by atoms with E-state index in [-0.39, 0.29) is 24.3 Å². The van der Waals surface area contributed by atoms with Crippen LogP contribution < -0.4 is 9.64 Å². The molecule has 0 bridgehead atoms. The highest BCUT2D eigenvalue weighted by Gasteiger charge is 2.76. The molecule has 4 heterocycles. The second kappa shape index (κ2) is 10.2. The molecule has 1 N–H and O–H groups in total. The lowest BCUT2D eigenvalue weighted by molar-refractivity contribution is -0.152. The van der Waals surface area contributed by atoms with E-state index in [9.17, 15) is 19.5 Å². The van der Waals surface area contributed by atoms with Gasteiger partial charge < -0.3 is 29.3 Å². The second-order valence-electron chi connectivity index (χ2n) is 11.1. The van der Waals surface area contributed by atoms with Crippen LogP contribution >= 0.6 is 0 Å². The van der Waals surface area contributed by atoms with Crippen LogP contribution in [0.2, 0.25) is 0 Å². The fourth-order valence-electron chi connectivity index (χ4n) is 7.18. The first-order valence-corrected chi connectivity index (χ1v) is 14.1. The minimum Gasteiger partial charge on any atom is -0.497 e. The van der Waals surface area contributed by atoms with Crippen molar-refractivity contribution in [3.8, 4) is 5.75 Å². The smallest absolute Gasteiger partial charge is 0.253 e. The SMILES string of the molecule is CC[C@]12C=CCN(C)C(=O)[C@H]1[C@H]1C(=O)N([C@H](CO)c3ccccc3)C3C(=O)N(c4ccc(OC)cc4)CC=C[C@@]31O2. The molecule has 1 spiro atoms. The van der Waals surface area contributed by atoms with E-state index in [0.717, 1.165) is 0 Å². The fourth-order valence-corrected chi connectivity index (χ4v) is 7.18. The number of nitrogens with zero attached hydrogens (tertiary/aromatic N) is 3. The maximum atomic E-state index is 14.7. The number of carbonyl (C=O) groups excluding carboxylic acids is 3. The number of anilines is 1. The average Bonchev–Trinajstić information content (AvgIpc) is 3.30. The zero-order valence-corrected chi connectivity index (χ0v) is 23.5. The number of fused-ring (bicyclic) bond motifs is 2. The molecule has 0 aromatic heterocycles. The molecule has 2 aromatic carbocycles. The maximum Gasteiger partial charge on any atom is 0.253 e. The summed E-state index contributed by atoms with van der Waals surface area (Å²) in [5.74, 6) is -2.01. The largest absolute Gasteiger partial charge is 0.497 e. The number of methoxy groups -OCH3 is 1. The summed E-state index contributed by atoms with van der Waals surface area (Å²) in [6.45, 7) is 2.21. The molecule has 214 valence electrons. The van der Waals surface area contributed by atoms with Crippen LogP contribution in [0.5, 0.6) is 5.75 Å². The Kier molecular flexibility index (Phi) is 6.74. The van der Waals surface area contributed by atoms with Gasteiger partial charge in [0, 0.05) is 25.8 Å². The Bertz CT molecular complexity index is 1410. The fraction of sp³-hybridized carbons (Fsp3) is 0.406.